The van der Waals surface area contributed by atoms with E-state index in [2.05, 4.69) is 25.5 Å². The average Bonchev–Trinajstić information content (AvgIpc) is 3.43. The van der Waals surface area contributed by atoms with E-state index in [4.69, 9.17) is 4.74 Å². The van der Waals surface area contributed by atoms with Crippen LogP contribution in [0.4, 0.5) is 5.82 Å². The highest BCUT2D eigenvalue weighted by molar-refractivity contribution is 7.13. The molecule has 1 N–H and O–H groups in total. The highest BCUT2D eigenvalue weighted by atomic mass is 32.1. The standard InChI is InChI=1S/C18H16N6O3S/c1-11(25)13-7-19-15(28-13)9-24-21-8-14(23-24)22-18(26)16-17(27-10-20-16)12-5-3-2-4-6-12/h2-8,10,16-17H,9H2,1H3,(H,22,23,26). The molecule has 1 aliphatic rings. The van der Waals surface area contributed by atoms with E-state index in [9.17, 15) is 9.59 Å². The Balaban J connectivity index is 1.41. The summed E-state index contributed by atoms with van der Waals surface area (Å²) in [6, 6.07) is 8.73. The minimum atomic E-state index is -0.704. The molecule has 142 valence electrons. The van der Waals surface area contributed by atoms with E-state index in [0.717, 1.165) is 5.56 Å². The summed E-state index contributed by atoms with van der Waals surface area (Å²) in [6.45, 7) is 1.81. The number of aliphatic imine (C=N–C) groups is 1. The summed E-state index contributed by atoms with van der Waals surface area (Å²) < 4.78 is 5.49. The van der Waals surface area contributed by atoms with Crippen molar-refractivity contribution in [1.82, 2.24) is 20.0 Å². The maximum Gasteiger partial charge on any atom is 0.254 e. The molecule has 2 unspecified atom stereocenters. The van der Waals surface area contributed by atoms with Gasteiger partial charge in [0.2, 0.25) is 0 Å². The van der Waals surface area contributed by atoms with Gasteiger partial charge >= 0.3 is 0 Å². The molecule has 1 aliphatic heterocycles. The van der Waals surface area contributed by atoms with E-state index >= 15 is 0 Å². The van der Waals surface area contributed by atoms with Crippen LogP contribution in [-0.4, -0.2) is 44.1 Å². The Morgan fingerprint density at radius 1 is 1.25 bits per heavy atom. The minimum absolute atomic E-state index is 0.0302. The lowest BCUT2D eigenvalue weighted by molar-refractivity contribution is -0.118. The number of hydrogen-bond donors (Lipinski definition) is 1. The van der Waals surface area contributed by atoms with Gasteiger partial charge in [0, 0.05) is 13.1 Å². The molecule has 0 fully saturated rings. The fourth-order valence-corrected chi connectivity index (χ4v) is 3.51. The van der Waals surface area contributed by atoms with Crippen molar-refractivity contribution in [1.29, 1.82) is 0 Å². The van der Waals surface area contributed by atoms with E-state index in [1.165, 1.54) is 41.9 Å². The van der Waals surface area contributed by atoms with Gasteiger partial charge in [0.25, 0.3) is 5.91 Å². The van der Waals surface area contributed by atoms with Crippen LogP contribution < -0.4 is 5.32 Å². The largest absolute Gasteiger partial charge is 0.473 e. The summed E-state index contributed by atoms with van der Waals surface area (Å²) in [5.74, 6) is -0.0533. The number of ketones is 1. The third-order valence-corrected chi connectivity index (χ3v) is 5.16. The van der Waals surface area contributed by atoms with Crippen molar-refractivity contribution in [3.05, 3.63) is 58.2 Å². The van der Waals surface area contributed by atoms with E-state index < -0.39 is 12.1 Å². The van der Waals surface area contributed by atoms with Crippen LogP contribution in [0.3, 0.4) is 0 Å². The number of carbonyl (C=O) groups excluding carboxylic acids is 2. The van der Waals surface area contributed by atoms with Crippen LogP contribution in [0.2, 0.25) is 0 Å². The summed E-state index contributed by atoms with van der Waals surface area (Å²) in [5.41, 5.74) is 0.869. The van der Waals surface area contributed by atoms with Crippen LogP contribution in [0, 0.1) is 0 Å². The fourth-order valence-electron chi connectivity index (χ4n) is 2.73. The number of ether oxygens (including phenoxy) is 1. The van der Waals surface area contributed by atoms with Crippen molar-refractivity contribution in [3.63, 3.8) is 0 Å². The molecule has 0 saturated carbocycles. The van der Waals surface area contributed by atoms with Crippen LogP contribution in [0.15, 0.2) is 47.7 Å². The first-order valence-electron chi connectivity index (χ1n) is 8.49. The van der Waals surface area contributed by atoms with Gasteiger partial charge in [0.1, 0.15) is 11.6 Å². The van der Waals surface area contributed by atoms with Crippen molar-refractivity contribution >= 4 is 35.2 Å². The maximum absolute atomic E-state index is 12.6. The van der Waals surface area contributed by atoms with Gasteiger partial charge in [-0.3, -0.25) is 9.59 Å². The van der Waals surface area contributed by atoms with E-state index in [0.29, 0.717) is 22.2 Å². The topological polar surface area (TPSA) is 111 Å². The predicted molar refractivity (Wildman–Crippen MR) is 102 cm³/mol. The second-order valence-corrected chi connectivity index (χ2v) is 7.21. The lowest BCUT2D eigenvalue weighted by atomic mass is 10.0. The van der Waals surface area contributed by atoms with Crippen molar-refractivity contribution in [2.75, 3.05) is 5.32 Å². The van der Waals surface area contributed by atoms with Gasteiger partial charge < -0.3 is 10.1 Å². The van der Waals surface area contributed by atoms with Gasteiger partial charge in [0.05, 0.1) is 11.1 Å². The summed E-state index contributed by atoms with van der Waals surface area (Å²) >= 11 is 1.29. The van der Waals surface area contributed by atoms with Gasteiger partial charge in [-0.1, -0.05) is 30.3 Å². The molecule has 9 nitrogen and oxygen atoms in total. The van der Waals surface area contributed by atoms with E-state index in [1.54, 1.807) is 0 Å². The monoisotopic (exact) mass is 396 g/mol. The van der Waals surface area contributed by atoms with Crippen molar-refractivity contribution in [2.45, 2.75) is 25.6 Å². The molecule has 3 aromatic rings. The molecule has 28 heavy (non-hydrogen) atoms. The zero-order valence-corrected chi connectivity index (χ0v) is 15.7. The number of amides is 1. The number of thiazole rings is 1. The number of benzene rings is 1. The molecule has 1 amide bonds. The molecule has 0 aliphatic carbocycles. The Bertz CT molecular complexity index is 1030. The Kier molecular flexibility index (Phi) is 4.94. The number of anilines is 1. The van der Waals surface area contributed by atoms with Gasteiger partial charge in [-0.15, -0.1) is 16.4 Å². The normalized spacial score (nSPS) is 18.0. The molecule has 0 saturated heterocycles. The van der Waals surface area contributed by atoms with E-state index in [1.807, 2.05) is 30.3 Å². The van der Waals surface area contributed by atoms with Gasteiger partial charge in [-0.2, -0.15) is 9.90 Å². The third kappa shape index (κ3) is 3.81. The maximum atomic E-state index is 12.6. The van der Waals surface area contributed by atoms with Crippen LogP contribution >= 0.6 is 11.3 Å². The second kappa shape index (κ2) is 7.69. The molecule has 10 heteroatoms. The van der Waals surface area contributed by atoms with Crippen LogP contribution in [0.5, 0.6) is 0 Å². The number of nitrogens with one attached hydrogen (secondary N) is 1. The van der Waals surface area contributed by atoms with Gasteiger partial charge in [-0.25, -0.2) is 9.98 Å². The molecule has 3 heterocycles. The van der Waals surface area contributed by atoms with Crippen molar-refractivity contribution < 1.29 is 14.3 Å². The molecular weight excluding hydrogens is 380 g/mol. The van der Waals surface area contributed by atoms with Crippen LogP contribution in [0.25, 0.3) is 0 Å². The highest BCUT2D eigenvalue weighted by Gasteiger charge is 2.34. The van der Waals surface area contributed by atoms with Crippen LogP contribution in [0.1, 0.15) is 33.3 Å². The van der Waals surface area contributed by atoms with Crippen molar-refractivity contribution in [2.24, 2.45) is 4.99 Å². The van der Waals surface area contributed by atoms with E-state index in [-0.39, 0.29) is 11.7 Å². The predicted octanol–water partition coefficient (Wildman–Crippen LogP) is 2.09. The second-order valence-electron chi connectivity index (χ2n) is 6.09. The first-order chi connectivity index (χ1) is 13.6. The molecule has 0 spiro atoms. The Morgan fingerprint density at radius 3 is 2.82 bits per heavy atom. The molecule has 2 aromatic heterocycles. The number of aromatic nitrogens is 4. The summed E-state index contributed by atoms with van der Waals surface area (Å²) in [4.78, 5) is 34.3. The Morgan fingerprint density at radius 2 is 2.07 bits per heavy atom. The third-order valence-electron chi connectivity index (χ3n) is 4.08. The number of Topliss-reactive ketones (excluding diaryl/α,β-unsaturated/α-hetero) is 1. The molecule has 0 bridgehead atoms. The number of hydrogen-bond acceptors (Lipinski definition) is 8. The average molecular weight is 396 g/mol. The quantitative estimate of drug-likeness (QED) is 0.639. The number of rotatable bonds is 6. The lowest BCUT2D eigenvalue weighted by Crippen LogP contribution is -2.30. The van der Waals surface area contributed by atoms with Crippen molar-refractivity contribution in [3.8, 4) is 0 Å². The van der Waals surface area contributed by atoms with Gasteiger partial charge in [-0.05, 0) is 5.56 Å². The summed E-state index contributed by atoms with van der Waals surface area (Å²) in [7, 11) is 0. The fraction of sp³-hybridized carbons (Fsp3) is 0.222. The first kappa shape index (κ1) is 18.0. The SMILES string of the molecule is CC(=O)c1cnc(Cn2ncc(NC(=O)C3N=COC3c3ccccc3)n2)s1. The first-order valence-corrected chi connectivity index (χ1v) is 9.30. The zero-order valence-electron chi connectivity index (χ0n) is 14.8. The Labute approximate surface area is 164 Å². The summed E-state index contributed by atoms with van der Waals surface area (Å²) in [5, 5.41) is 11.8. The molecule has 1 aromatic carbocycles. The zero-order chi connectivity index (χ0) is 19.5. The molecule has 2 atom stereocenters. The lowest BCUT2D eigenvalue weighted by Gasteiger charge is -2.16. The smallest absolute Gasteiger partial charge is 0.254 e. The van der Waals surface area contributed by atoms with Gasteiger partial charge in [0.15, 0.2) is 30.1 Å². The van der Waals surface area contributed by atoms with Crippen LogP contribution in [-0.2, 0) is 16.1 Å². The highest BCUT2D eigenvalue weighted by Crippen LogP contribution is 2.27. The number of carbonyl (C=O) groups is 2. The Hall–Kier alpha value is -3.40. The summed E-state index contributed by atoms with van der Waals surface area (Å²) in [6.07, 6.45) is 3.81. The minimum Gasteiger partial charge on any atom is -0.473 e. The molecule has 4 rings (SSSR count). The molecule has 0 radical (unpaired) electrons. The molecular formula is C18H16N6O3S. The number of nitrogens with zero attached hydrogens (tertiary/aromatic N) is 5.